The Labute approximate surface area is 98.6 Å². The van der Waals surface area contributed by atoms with E-state index < -0.39 is 10.1 Å². The van der Waals surface area contributed by atoms with Gasteiger partial charge in [-0.15, -0.1) is 0 Å². The number of rotatable bonds is 1. The number of hydrazine groups is 1. The van der Waals surface area contributed by atoms with Crippen LogP contribution >= 0.6 is 0 Å². The first-order valence-electron chi connectivity index (χ1n) is 4.31. The molecule has 0 aliphatic heterocycles. The Morgan fingerprint density at radius 2 is 1.94 bits per heavy atom. The molecule has 0 heterocycles. The second-order valence-corrected chi connectivity index (χ2v) is 4.26. The molecular formula is C8H14N4O4S. The van der Waals surface area contributed by atoms with Crippen molar-refractivity contribution in [2.24, 2.45) is 5.84 Å². The molecule has 0 saturated heterocycles. The van der Waals surface area contributed by atoms with Gasteiger partial charge >= 0.3 is 0 Å². The molecule has 0 atom stereocenters. The summed E-state index contributed by atoms with van der Waals surface area (Å²) < 4.78 is 29.9. The van der Waals surface area contributed by atoms with Crippen molar-refractivity contribution in [1.82, 2.24) is 10.9 Å². The molecule has 1 aromatic rings. The molecule has 9 heteroatoms. The smallest absolute Gasteiger partial charge is 0.293 e. The van der Waals surface area contributed by atoms with E-state index in [9.17, 15) is 8.42 Å². The summed E-state index contributed by atoms with van der Waals surface area (Å²) in [6.07, 6.45) is 0. The third kappa shape index (κ3) is 5.82. The van der Waals surface area contributed by atoms with Gasteiger partial charge in [0.2, 0.25) is 5.96 Å². The van der Waals surface area contributed by atoms with E-state index >= 15 is 0 Å². The lowest BCUT2D eigenvalue weighted by atomic mass is 10.2. The van der Waals surface area contributed by atoms with Crippen molar-refractivity contribution in [1.29, 1.82) is 5.41 Å². The van der Waals surface area contributed by atoms with Crippen molar-refractivity contribution in [2.45, 2.75) is 11.8 Å². The lowest BCUT2D eigenvalue weighted by Crippen LogP contribution is -2.38. The van der Waals surface area contributed by atoms with Crippen LogP contribution in [-0.2, 0) is 10.1 Å². The maximum atomic E-state index is 10.6. The Bertz CT molecular complexity index is 468. The zero-order valence-electron chi connectivity index (χ0n) is 9.01. The van der Waals surface area contributed by atoms with Crippen LogP contribution in [0.3, 0.4) is 0 Å². The molecule has 0 radical (unpaired) electrons. The summed E-state index contributed by atoms with van der Waals surface area (Å²) in [7, 11) is -4.03. The van der Waals surface area contributed by atoms with Crippen molar-refractivity contribution in [3.63, 3.8) is 0 Å². The molecular weight excluding hydrogens is 248 g/mol. The van der Waals surface area contributed by atoms with E-state index in [1.54, 1.807) is 25.1 Å². The molecule has 0 aliphatic rings. The molecule has 0 unspecified atom stereocenters. The summed E-state index contributed by atoms with van der Waals surface area (Å²) in [5.74, 6) is 4.26. The first-order valence-corrected chi connectivity index (χ1v) is 5.75. The van der Waals surface area contributed by atoms with Gasteiger partial charge in [-0.1, -0.05) is 18.2 Å². The number of hydrogen-bond donors (Lipinski definition) is 6. The standard InChI is InChI=1S/C7H8O3S.CH6N4O/c1-6-4-2-3-5-7(6)11(8,9)10;2-1(4-3)5-6/h2-5H,1H3,(H,8,9,10);6H,3H2,(H3,2,4,5). The average Bonchev–Trinajstić information content (AvgIpc) is 2.28. The lowest BCUT2D eigenvalue weighted by molar-refractivity contribution is 0.228. The summed E-state index contributed by atoms with van der Waals surface area (Å²) in [5.41, 5.74) is 3.85. The Kier molecular flexibility index (Phi) is 6.13. The molecule has 8 nitrogen and oxygen atoms in total. The van der Waals surface area contributed by atoms with E-state index in [1.165, 1.54) is 11.5 Å². The molecule has 0 aromatic heterocycles. The molecule has 0 saturated carbocycles. The highest BCUT2D eigenvalue weighted by Gasteiger charge is 2.10. The zero-order valence-corrected chi connectivity index (χ0v) is 9.82. The number of aryl methyl sites for hydroxylation is 1. The van der Waals surface area contributed by atoms with Crippen molar-refractivity contribution in [3.05, 3.63) is 29.8 Å². The van der Waals surface area contributed by atoms with E-state index in [2.05, 4.69) is 5.84 Å². The van der Waals surface area contributed by atoms with Gasteiger partial charge in [0.25, 0.3) is 10.1 Å². The quantitative estimate of drug-likeness (QED) is 0.133. The van der Waals surface area contributed by atoms with E-state index in [4.69, 9.17) is 15.2 Å². The van der Waals surface area contributed by atoms with Crippen LogP contribution in [0.4, 0.5) is 0 Å². The fourth-order valence-corrected chi connectivity index (χ4v) is 1.60. The molecule has 96 valence electrons. The lowest BCUT2D eigenvalue weighted by Gasteiger charge is -1.99. The SMILES string of the molecule is Cc1ccccc1S(=O)(=O)O.N=C(NN)NO. The minimum atomic E-state index is -4.03. The average molecular weight is 262 g/mol. The molecule has 0 fully saturated rings. The Morgan fingerprint density at radius 1 is 1.41 bits per heavy atom. The van der Waals surface area contributed by atoms with Crippen LogP contribution in [0.5, 0.6) is 0 Å². The zero-order chi connectivity index (χ0) is 13.5. The van der Waals surface area contributed by atoms with E-state index in [0.29, 0.717) is 5.56 Å². The number of nitrogens with two attached hydrogens (primary N) is 1. The number of nitrogens with one attached hydrogen (secondary N) is 3. The number of hydroxylamine groups is 1. The fraction of sp³-hybridized carbons (Fsp3) is 0.125. The fourth-order valence-electron chi connectivity index (χ4n) is 0.878. The van der Waals surface area contributed by atoms with Gasteiger partial charge in [0, 0.05) is 0 Å². The van der Waals surface area contributed by atoms with Gasteiger partial charge in [0.1, 0.15) is 0 Å². The number of benzene rings is 1. The molecule has 7 N–H and O–H groups in total. The van der Waals surface area contributed by atoms with Gasteiger partial charge in [-0.25, -0.2) is 11.3 Å². The van der Waals surface area contributed by atoms with Crippen LogP contribution < -0.4 is 16.7 Å². The highest BCUT2D eigenvalue weighted by molar-refractivity contribution is 7.85. The first kappa shape index (κ1) is 15.3. The second kappa shape index (κ2) is 6.81. The molecule has 17 heavy (non-hydrogen) atoms. The highest BCUT2D eigenvalue weighted by Crippen LogP contribution is 2.12. The predicted octanol–water partition coefficient (Wildman–Crippen LogP) is -0.395. The Hall–Kier alpha value is -1.68. The van der Waals surface area contributed by atoms with Crippen molar-refractivity contribution in [2.75, 3.05) is 0 Å². The minimum Gasteiger partial charge on any atom is -0.293 e. The molecule has 0 aliphatic carbocycles. The van der Waals surface area contributed by atoms with Gasteiger partial charge in [-0.05, 0) is 18.6 Å². The third-order valence-electron chi connectivity index (χ3n) is 1.63. The molecule has 0 spiro atoms. The van der Waals surface area contributed by atoms with E-state index in [0.717, 1.165) is 0 Å². The second-order valence-electron chi connectivity index (χ2n) is 2.87. The van der Waals surface area contributed by atoms with Crippen molar-refractivity contribution < 1.29 is 18.2 Å². The van der Waals surface area contributed by atoms with E-state index in [-0.39, 0.29) is 10.9 Å². The molecule has 1 aromatic carbocycles. The summed E-state index contributed by atoms with van der Waals surface area (Å²) in [4.78, 5) is -0.0278. The molecule has 0 amide bonds. The van der Waals surface area contributed by atoms with Crippen molar-refractivity contribution in [3.8, 4) is 0 Å². The number of hydrogen-bond acceptors (Lipinski definition) is 5. The first-order chi connectivity index (χ1) is 7.82. The van der Waals surface area contributed by atoms with Crippen molar-refractivity contribution >= 4 is 16.1 Å². The maximum Gasteiger partial charge on any atom is 0.294 e. The molecule has 1 rings (SSSR count). The predicted molar refractivity (Wildman–Crippen MR) is 61.0 cm³/mol. The minimum absolute atomic E-state index is 0.0278. The topological polar surface area (TPSA) is 149 Å². The summed E-state index contributed by atoms with van der Waals surface area (Å²) >= 11 is 0. The Morgan fingerprint density at radius 3 is 2.18 bits per heavy atom. The van der Waals surface area contributed by atoms with Gasteiger partial charge in [0.05, 0.1) is 4.90 Å². The summed E-state index contributed by atoms with van der Waals surface area (Å²) in [6, 6.07) is 6.27. The largest absolute Gasteiger partial charge is 0.294 e. The van der Waals surface area contributed by atoms with E-state index in [1.807, 2.05) is 5.43 Å². The summed E-state index contributed by atoms with van der Waals surface area (Å²) in [5, 5.41) is 14.1. The molecule has 0 bridgehead atoms. The van der Waals surface area contributed by atoms with Crippen LogP contribution in [0.15, 0.2) is 29.2 Å². The van der Waals surface area contributed by atoms with Gasteiger partial charge < -0.3 is 0 Å². The Balaban J connectivity index is 0.000000366. The van der Waals surface area contributed by atoms with Crippen LogP contribution in [0.2, 0.25) is 0 Å². The van der Waals surface area contributed by atoms with Crippen LogP contribution in [-0.4, -0.2) is 24.1 Å². The van der Waals surface area contributed by atoms with Gasteiger partial charge in [-0.2, -0.15) is 8.42 Å². The van der Waals surface area contributed by atoms with Gasteiger partial charge in [0.15, 0.2) is 0 Å². The summed E-state index contributed by atoms with van der Waals surface area (Å²) in [6.45, 7) is 1.63. The van der Waals surface area contributed by atoms with Crippen LogP contribution in [0.1, 0.15) is 5.56 Å². The monoisotopic (exact) mass is 262 g/mol. The van der Waals surface area contributed by atoms with Crippen LogP contribution in [0, 0.1) is 12.3 Å². The van der Waals surface area contributed by atoms with Crippen LogP contribution in [0.25, 0.3) is 0 Å². The normalized spacial score (nSPS) is 9.88. The number of guanidine groups is 1. The highest BCUT2D eigenvalue weighted by atomic mass is 32.2. The maximum absolute atomic E-state index is 10.6. The van der Waals surface area contributed by atoms with Gasteiger partial charge in [-0.3, -0.25) is 20.6 Å². The third-order valence-corrected chi connectivity index (χ3v) is 2.64.